The molecule has 0 radical (unpaired) electrons. The molecule has 0 bridgehead atoms. The van der Waals surface area contributed by atoms with Crippen LogP contribution in [0.1, 0.15) is 12.0 Å². The molecule has 1 rings (SSSR count). The van der Waals surface area contributed by atoms with Gasteiger partial charge in [-0.25, -0.2) is 0 Å². The molecule has 0 unspecified atom stereocenters. The number of ether oxygens (including phenoxy) is 2. The van der Waals surface area contributed by atoms with Crippen LogP contribution in [0, 0.1) is 0 Å². The van der Waals surface area contributed by atoms with Crippen LogP contribution in [0.25, 0.3) is 0 Å². The fourth-order valence-electron chi connectivity index (χ4n) is 1.14. The van der Waals surface area contributed by atoms with Crippen molar-refractivity contribution in [1.82, 2.24) is 4.98 Å². The van der Waals surface area contributed by atoms with Gasteiger partial charge in [-0.05, 0) is 6.07 Å². The minimum absolute atomic E-state index is 0.0864. The lowest BCUT2D eigenvalue weighted by atomic mass is 10.3. The molecule has 0 spiro atoms. The summed E-state index contributed by atoms with van der Waals surface area (Å²) in [7, 11) is 1.40. The van der Waals surface area contributed by atoms with Gasteiger partial charge in [-0.2, -0.15) is 18.2 Å². The summed E-state index contributed by atoms with van der Waals surface area (Å²) in [5, 5.41) is 0. The van der Waals surface area contributed by atoms with E-state index < -0.39 is 19.2 Å². The summed E-state index contributed by atoms with van der Waals surface area (Å²) in [5.74, 6) is 0.348. The third-order valence-corrected chi connectivity index (χ3v) is 1.96. The molecular formula is C10H13F3N2O2. The van der Waals surface area contributed by atoms with Gasteiger partial charge in [-0.3, -0.25) is 0 Å². The van der Waals surface area contributed by atoms with Crippen molar-refractivity contribution in [2.75, 3.05) is 13.7 Å². The van der Waals surface area contributed by atoms with E-state index in [9.17, 15) is 13.2 Å². The lowest BCUT2D eigenvalue weighted by Gasteiger charge is -2.10. The molecule has 0 fully saturated rings. The Morgan fingerprint density at radius 2 is 2.06 bits per heavy atom. The fourth-order valence-corrected chi connectivity index (χ4v) is 1.14. The van der Waals surface area contributed by atoms with Gasteiger partial charge in [0.05, 0.1) is 20.1 Å². The van der Waals surface area contributed by atoms with Gasteiger partial charge in [0, 0.05) is 18.2 Å². The Balaban J connectivity index is 2.60. The number of pyridine rings is 1. The second kappa shape index (κ2) is 5.72. The average molecular weight is 250 g/mol. The first-order chi connectivity index (χ1) is 7.96. The van der Waals surface area contributed by atoms with Crippen LogP contribution in [0.15, 0.2) is 12.1 Å². The molecular weight excluding hydrogens is 237 g/mol. The highest BCUT2D eigenvalue weighted by Crippen LogP contribution is 2.22. The summed E-state index contributed by atoms with van der Waals surface area (Å²) in [6.45, 7) is -0.235. The van der Waals surface area contributed by atoms with E-state index in [1.807, 2.05) is 0 Å². The minimum Gasteiger partial charge on any atom is -0.481 e. The molecule has 0 atom stereocenters. The van der Waals surface area contributed by atoms with Crippen molar-refractivity contribution in [2.45, 2.75) is 19.1 Å². The minimum atomic E-state index is -4.23. The summed E-state index contributed by atoms with van der Waals surface area (Å²) in [6.07, 6.45) is -5.25. The van der Waals surface area contributed by atoms with Gasteiger partial charge in [0.15, 0.2) is 0 Å². The Morgan fingerprint density at radius 3 is 2.59 bits per heavy atom. The van der Waals surface area contributed by atoms with Crippen molar-refractivity contribution < 1.29 is 22.6 Å². The van der Waals surface area contributed by atoms with Crippen LogP contribution in [-0.2, 0) is 6.54 Å². The zero-order chi connectivity index (χ0) is 12.9. The SMILES string of the molecule is COc1nc(OCCC(F)(F)F)ccc1CN. The quantitative estimate of drug-likeness (QED) is 0.866. The normalized spacial score (nSPS) is 11.4. The lowest BCUT2D eigenvalue weighted by Crippen LogP contribution is -2.13. The Bertz CT molecular complexity index is 369. The smallest absolute Gasteiger partial charge is 0.392 e. The van der Waals surface area contributed by atoms with Crippen LogP contribution < -0.4 is 15.2 Å². The molecule has 0 aromatic carbocycles. The molecule has 0 aliphatic heterocycles. The van der Waals surface area contributed by atoms with E-state index in [0.29, 0.717) is 5.56 Å². The van der Waals surface area contributed by atoms with Crippen molar-refractivity contribution in [3.63, 3.8) is 0 Å². The number of aromatic nitrogens is 1. The molecule has 1 heterocycles. The molecule has 0 saturated heterocycles. The first-order valence-electron chi connectivity index (χ1n) is 4.90. The molecule has 0 aliphatic carbocycles. The summed E-state index contributed by atoms with van der Waals surface area (Å²) in [6, 6.07) is 3.07. The monoisotopic (exact) mass is 250 g/mol. The van der Waals surface area contributed by atoms with E-state index in [1.54, 1.807) is 6.07 Å². The maximum absolute atomic E-state index is 11.9. The zero-order valence-electron chi connectivity index (χ0n) is 9.25. The van der Waals surface area contributed by atoms with E-state index in [1.165, 1.54) is 13.2 Å². The standard InChI is InChI=1S/C10H13F3N2O2/c1-16-9-7(6-14)2-3-8(15-9)17-5-4-10(11,12)13/h2-3H,4-6,14H2,1H3. The molecule has 17 heavy (non-hydrogen) atoms. The van der Waals surface area contributed by atoms with Crippen LogP contribution in [0.5, 0.6) is 11.8 Å². The zero-order valence-corrected chi connectivity index (χ0v) is 9.25. The number of alkyl halides is 3. The Morgan fingerprint density at radius 1 is 1.35 bits per heavy atom. The molecule has 0 saturated carbocycles. The number of nitrogens with zero attached hydrogens (tertiary/aromatic N) is 1. The number of hydrogen-bond donors (Lipinski definition) is 1. The third kappa shape index (κ3) is 4.48. The Labute approximate surface area is 96.5 Å². The second-order valence-electron chi connectivity index (χ2n) is 3.24. The Hall–Kier alpha value is -1.50. The average Bonchev–Trinajstić information content (AvgIpc) is 2.27. The van der Waals surface area contributed by atoms with Crippen molar-refractivity contribution in [1.29, 1.82) is 0 Å². The van der Waals surface area contributed by atoms with E-state index >= 15 is 0 Å². The largest absolute Gasteiger partial charge is 0.481 e. The second-order valence-corrected chi connectivity index (χ2v) is 3.24. The third-order valence-electron chi connectivity index (χ3n) is 1.96. The van der Waals surface area contributed by atoms with Crippen molar-refractivity contribution in [3.05, 3.63) is 17.7 Å². The first kappa shape index (κ1) is 13.6. The molecule has 0 amide bonds. The van der Waals surface area contributed by atoms with Gasteiger partial charge in [0.1, 0.15) is 0 Å². The fraction of sp³-hybridized carbons (Fsp3) is 0.500. The van der Waals surface area contributed by atoms with Crippen molar-refractivity contribution in [2.24, 2.45) is 5.73 Å². The van der Waals surface area contributed by atoms with Gasteiger partial charge in [-0.1, -0.05) is 0 Å². The number of halogens is 3. The summed E-state index contributed by atoms with van der Waals surface area (Å²) in [5.41, 5.74) is 6.09. The highest BCUT2D eigenvalue weighted by atomic mass is 19.4. The summed E-state index contributed by atoms with van der Waals surface area (Å²) in [4.78, 5) is 3.89. The van der Waals surface area contributed by atoms with E-state index in [-0.39, 0.29) is 18.3 Å². The molecule has 96 valence electrons. The number of nitrogens with two attached hydrogens (primary N) is 1. The topological polar surface area (TPSA) is 57.4 Å². The predicted octanol–water partition coefficient (Wildman–Crippen LogP) is 1.88. The lowest BCUT2D eigenvalue weighted by molar-refractivity contribution is -0.139. The van der Waals surface area contributed by atoms with Crippen LogP contribution >= 0.6 is 0 Å². The van der Waals surface area contributed by atoms with Gasteiger partial charge in [-0.15, -0.1) is 0 Å². The number of rotatable bonds is 5. The van der Waals surface area contributed by atoms with E-state index in [4.69, 9.17) is 15.2 Å². The molecule has 1 aromatic heterocycles. The van der Waals surface area contributed by atoms with Crippen molar-refractivity contribution >= 4 is 0 Å². The molecule has 2 N–H and O–H groups in total. The van der Waals surface area contributed by atoms with E-state index in [2.05, 4.69) is 4.98 Å². The van der Waals surface area contributed by atoms with Gasteiger partial charge in [0.2, 0.25) is 11.8 Å². The van der Waals surface area contributed by atoms with Crippen LogP contribution in [0.2, 0.25) is 0 Å². The van der Waals surface area contributed by atoms with Gasteiger partial charge >= 0.3 is 6.18 Å². The summed E-state index contributed by atoms with van der Waals surface area (Å²) >= 11 is 0. The van der Waals surface area contributed by atoms with Gasteiger partial charge in [0.25, 0.3) is 0 Å². The molecule has 7 heteroatoms. The Kier molecular flexibility index (Phi) is 4.56. The molecule has 1 aromatic rings. The van der Waals surface area contributed by atoms with Crippen molar-refractivity contribution in [3.8, 4) is 11.8 Å². The van der Waals surface area contributed by atoms with Crippen LogP contribution in [-0.4, -0.2) is 24.9 Å². The van der Waals surface area contributed by atoms with Crippen LogP contribution in [0.4, 0.5) is 13.2 Å². The first-order valence-corrected chi connectivity index (χ1v) is 4.90. The molecule has 4 nitrogen and oxygen atoms in total. The predicted molar refractivity (Wildman–Crippen MR) is 54.8 cm³/mol. The number of hydrogen-bond acceptors (Lipinski definition) is 4. The highest BCUT2D eigenvalue weighted by Gasteiger charge is 2.26. The molecule has 0 aliphatic rings. The van der Waals surface area contributed by atoms with Crippen LogP contribution in [0.3, 0.4) is 0 Å². The number of methoxy groups -OCH3 is 1. The summed E-state index contributed by atoms with van der Waals surface area (Å²) < 4.78 is 45.4. The van der Waals surface area contributed by atoms with E-state index in [0.717, 1.165) is 0 Å². The maximum Gasteiger partial charge on any atom is 0.392 e. The maximum atomic E-state index is 11.9. The highest BCUT2D eigenvalue weighted by molar-refractivity contribution is 5.30. The van der Waals surface area contributed by atoms with Gasteiger partial charge < -0.3 is 15.2 Å².